The summed E-state index contributed by atoms with van der Waals surface area (Å²) in [6, 6.07) is 12.8. The van der Waals surface area contributed by atoms with E-state index in [1.54, 1.807) is 0 Å². The monoisotopic (exact) mass is 454 g/mol. The van der Waals surface area contributed by atoms with Gasteiger partial charge < -0.3 is 10.1 Å². The Hall–Kier alpha value is -3.60. The lowest BCUT2D eigenvalue weighted by Gasteiger charge is -2.10. The highest BCUT2D eigenvalue weighted by Gasteiger charge is 2.17. The normalized spacial score (nSPS) is 11.3. The maximum atomic E-state index is 13.3. The van der Waals surface area contributed by atoms with Gasteiger partial charge in [-0.1, -0.05) is 6.07 Å². The van der Waals surface area contributed by atoms with Crippen LogP contribution in [0.1, 0.15) is 10.4 Å². The lowest BCUT2D eigenvalue weighted by atomic mass is 10.2. The number of alkyl halides is 2. The van der Waals surface area contributed by atoms with Crippen LogP contribution in [-0.2, 0) is 10.0 Å². The molecule has 0 heterocycles. The number of hydrogen-bond donors (Lipinski definition) is 2. The number of benzene rings is 3. The molecule has 6 nitrogen and oxygen atoms in total. The fourth-order valence-corrected chi connectivity index (χ4v) is 3.57. The molecule has 0 unspecified atom stereocenters. The second kappa shape index (κ2) is 9.04. The van der Waals surface area contributed by atoms with E-state index in [2.05, 4.69) is 14.8 Å². The summed E-state index contributed by atoms with van der Waals surface area (Å²) < 4.78 is 81.9. The Morgan fingerprint density at radius 3 is 2.19 bits per heavy atom. The summed E-state index contributed by atoms with van der Waals surface area (Å²) in [6.45, 7) is -3.03. The molecular formula is C20H14F4N2O4S. The van der Waals surface area contributed by atoms with Crippen molar-refractivity contribution in [2.24, 2.45) is 0 Å². The Balaban J connectivity index is 1.69. The van der Waals surface area contributed by atoms with E-state index in [-0.39, 0.29) is 17.0 Å². The van der Waals surface area contributed by atoms with Crippen LogP contribution in [0.3, 0.4) is 0 Å². The molecule has 0 saturated carbocycles. The number of carbonyl (C=O) groups excluding carboxylic acids is 1. The summed E-state index contributed by atoms with van der Waals surface area (Å²) in [5.74, 6) is -3.26. The van der Waals surface area contributed by atoms with Gasteiger partial charge in [-0.05, 0) is 60.7 Å². The molecular weight excluding hydrogens is 440 g/mol. The number of carbonyl (C=O) groups is 1. The molecule has 0 radical (unpaired) electrons. The zero-order chi connectivity index (χ0) is 22.6. The highest BCUT2D eigenvalue weighted by Crippen LogP contribution is 2.21. The van der Waals surface area contributed by atoms with Crippen molar-refractivity contribution in [3.8, 4) is 5.75 Å². The van der Waals surface area contributed by atoms with E-state index in [0.717, 1.165) is 12.1 Å². The third-order valence-electron chi connectivity index (χ3n) is 3.92. The number of rotatable bonds is 7. The summed E-state index contributed by atoms with van der Waals surface area (Å²) in [5.41, 5.74) is 0.470. The van der Waals surface area contributed by atoms with Gasteiger partial charge in [0.15, 0.2) is 11.6 Å². The lowest BCUT2D eigenvalue weighted by molar-refractivity contribution is -0.0498. The first-order valence-corrected chi connectivity index (χ1v) is 10.1. The zero-order valence-corrected chi connectivity index (χ0v) is 16.3. The van der Waals surface area contributed by atoms with Crippen LogP contribution in [0.5, 0.6) is 5.75 Å². The number of sulfonamides is 1. The minimum absolute atomic E-state index is 0.0706. The quantitative estimate of drug-likeness (QED) is 0.511. The van der Waals surface area contributed by atoms with Gasteiger partial charge in [-0.2, -0.15) is 8.78 Å². The van der Waals surface area contributed by atoms with Crippen LogP contribution in [0.2, 0.25) is 0 Å². The summed E-state index contributed by atoms with van der Waals surface area (Å²) in [7, 11) is -4.17. The molecule has 0 aromatic heterocycles. The van der Waals surface area contributed by atoms with Crippen molar-refractivity contribution >= 4 is 27.3 Å². The standard InChI is InChI=1S/C20H14F4N2O4S/c21-17-9-8-16(11-18(17)22)31(28,29)26-14-6-4-13(5-7-14)25-19(27)12-2-1-3-15(10-12)30-20(23)24/h1-11,20,26H,(H,25,27). The predicted octanol–water partition coefficient (Wildman–Crippen LogP) is 4.62. The van der Waals surface area contributed by atoms with E-state index in [1.807, 2.05) is 0 Å². The number of nitrogens with one attached hydrogen (secondary N) is 2. The molecule has 11 heteroatoms. The lowest BCUT2D eigenvalue weighted by Crippen LogP contribution is -2.14. The Bertz CT molecular complexity index is 1200. The van der Waals surface area contributed by atoms with Gasteiger partial charge in [0.2, 0.25) is 0 Å². The molecule has 162 valence electrons. The van der Waals surface area contributed by atoms with E-state index in [4.69, 9.17) is 0 Å². The second-order valence-electron chi connectivity index (χ2n) is 6.12. The van der Waals surface area contributed by atoms with Crippen LogP contribution < -0.4 is 14.8 Å². The van der Waals surface area contributed by atoms with Gasteiger partial charge in [0.1, 0.15) is 5.75 Å². The van der Waals surface area contributed by atoms with Crippen LogP contribution in [0, 0.1) is 11.6 Å². The molecule has 0 saturated heterocycles. The molecule has 31 heavy (non-hydrogen) atoms. The van der Waals surface area contributed by atoms with E-state index >= 15 is 0 Å². The third kappa shape index (κ3) is 5.72. The van der Waals surface area contributed by atoms with Gasteiger partial charge in [0.25, 0.3) is 15.9 Å². The van der Waals surface area contributed by atoms with Crippen LogP contribution in [0.25, 0.3) is 0 Å². The van der Waals surface area contributed by atoms with Gasteiger partial charge in [-0.3, -0.25) is 9.52 Å². The molecule has 0 bridgehead atoms. The summed E-state index contributed by atoms with van der Waals surface area (Å²) in [5, 5.41) is 2.52. The number of ether oxygens (including phenoxy) is 1. The smallest absolute Gasteiger partial charge is 0.387 e. The van der Waals surface area contributed by atoms with Crippen molar-refractivity contribution < 1.29 is 35.5 Å². The number of halogens is 4. The Morgan fingerprint density at radius 2 is 1.55 bits per heavy atom. The average molecular weight is 454 g/mol. The highest BCUT2D eigenvalue weighted by molar-refractivity contribution is 7.92. The first kappa shape index (κ1) is 22.1. The highest BCUT2D eigenvalue weighted by atomic mass is 32.2. The van der Waals surface area contributed by atoms with Crippen molar-refractivity contribution in [2.45, 2.75) is 11.5 Å². The molecule has 0 aliphatic heterocycles. The van der Waals surface area contributed by atoms with Crippen LogP contribution >= 0.6 is 0 Å². The Morgan fingerprint density at radius 1 is 0.871 bits per heavy atom. The molecule has 3 rings (SSSR count). The number of anilines is 2. The Labute approximate surface area is 174 Å². The average Bonchev–Trinajstić information content (AvgIpc) is 2.71. The van der Waals surface area contributed by atoms with Crippen molar-refractivity contribution in [3.05, 3.63) is 83.9 Å². The molecule has 3 aromatic carbocycles. The first-order valence-electron chi connectivity index (χ1n) is 8.58. The van der Waals surface area contributed by atoms with Crippen molar-refractivity contribution in [1.29, 1.82) is 0 Å². The maximum Gasteiger partial charge on any atom is 0.387 e. The third-order valence-corrected chi connectivity index (χ3v) is 5.30. The van der Waals surface area contributed by atoms with E-state index in [1.165, 1.54) is 42.5 Å². The molecule has 0 aliphatic rings. The second-order valence-corrected chi connectivity index (χ2v) is 7.80. The van der Waals surface area contributed by atoms with Gasteiger partial charge >= 0.3 is 6.61 Å². The molecule has 1 amide bonds. The topological polar surface area (TPSA) is 84.5 Å². The van der Waals surface area contributed by atoms with E-state index < -0.39 is 39.1 Å². The molecule has 0 fully saturated rings. The Kier molecular flexibility index (Phi) is 6.44. The summed E-state index contributed by atoms with van der Waals surface area (Å²) in [6.07, 6.45) is 0. The molecule has 0 atom stereocenters. The van der Waals surface area contributed by atoms with Crippen LogP contribution in [-0.4, -0.2) is 20.9 Å². The molecule has 0 aliphatic carbocycles. The fourth-order valence-electron chi connectivity index (χ4n) is 2.50. The van der Waals surface area contributed by atoms with Crippen molar-refractivity contribution in [2.75, 3.05) is 10.0 Å². The van der Waals surface area contributed by atoms with Crippen molar-refractivity contribution in [1.82, 2.24) is 0 Å². The maximum absolute atomic E-state index is 13.3. The largest absolute Gasteiger partial charge is 0.435 e. The minimum Gasteiger partial charge on any atom is -0.435 e. The first-order chi connectivity index (χ1) is 14.6. The minimum atomic E-state index is -4.17. The predicted molar refractivity (Wildman–Crippen MR) is 105 cm³/mol. The number of hydrogen-bond acceptors (Lipinski definition) is 4. The van der Waals surface area contributed by atoms with Crippen LogP contribution in [0.4, 0.5) is 28.9 Å². The van der Waals surface area contributed by atoms with Gasteiger partial charge in [0, 0.05) is 16.9 Å². The molecule has 2 N–H and O–H groups in total. The SMILES string of the molecule is O=C(Nc1ccc(NS(=O)(=O)c2ccc(F)c(F)c2)cc1)c1cccc(OC(F)F)c1. The van der Waals surface area contributed by atoms with Gasteiger partial charge in [-0.15, -0.1) is 0 Å². The fraction of sp³-hybridized carbons (Fsp3) is 0.0500. The van der Waals surface area contributed by atoms with E-state index in [9.17, 15) is 30.8 Å². The molecule has 3 aromatic rings. The van der Waals surface area contributed by atoms with Gasteiger partial charge in [0.05, 0.1) is 4.90 Å². The number of amides is 1. The zero-order valence-electron chi connectivity index (χ0n) is 15.5. The van der Waals surface area contributed by atoms with E-state index in [0.29, 0.717) is 17.8 Å². The summed E-state index contributed by atoms with van der Waals surface area (Å²) in [4.78, 5) is 11.8. The van der Waals surface area contributed by atoms with Crippen molar-refractivity contribution in [3.63, 3.8) is 0 Å². The molecule has 0 spiro atoms. The van der Waals surface area contributed by atoms with Gasteiger partial charge in [-0.25, -0.2) is 17.2 Å². The summed E-state index contributed by atoms with van der Waals surface area (Å²) >= 11 is 0. The van der Waals surface area contributed by atoms with Crippen LogP contribution in [0.15, 0.2) is 71.6 Å².